The Morgan fingerprint density at radius 2 is 2.09 bits per heavy atom. The Labute approximate surface area is 196 Å². The molecule has 1 aliphatic heterocycles. The lowest BCUT2D eigenvalue weighted by atomic mass is 10.1. The largest absolute Gasteiger partial charge is 0.493 e. The molecule has 8 heteroatoms. The van der Waals surface area contributed by atoms with Gasteiger partial charge in [-0.15, -0.1) is 0 Å². The molecule has 0 amide bonds. The van der Waals surface area contributed by atoms with Gasteiger partial charge in [0.15, 0.2) is 0 Å². The molecule has 0 aliphatic carbocycles. The summed E-state index contributed by atoms with van der Waals surface area (Å²) in [6.45, 7) is 1.77. The number of ether oxygens (including phenoxy) is 1. The average molecular weight is 464 g/mol. The van der Waals surface area contributed by atoms with Gasteiger partial charge < -0.3 is 15.4 Å². The molecule has 2 aromatic heterocycles. The number of pyridine rings is 1. The van der Waals surface area contributed by atoms with Crippen molar-refractivity contribution in [3.63, 3.8) is 0 Å². The number of fused-ring (bicyclic) bond motifs is 1. The molecule has 2 N–H and O–H groups in total. The Hall–Kier alpha value is -3.29. The standard InChI is InChI=1S/C25H23ClFN5O/c26-16-3-6-22(27)21(12-16)25-13-18(15-30-32-25)31-23-7-10-29-24-14-19(4-5-20(23)24)33-11-8-17-2-1-9-28-17/h3-7,10,12-15,17,28H,1-2,8-9,11H2,(H,29,31,32). The van der Waals surface area contributed by atoms with Crippen LogP contribution in [0.2, 0.25) is 5.02 Å². The number of benzene rings is 2. The average Bonchev–Trinajstić information content (AvgIpc) is 3.34. The van der Waals surface area contributed by atoms with Crippen LogP contribution in [-0.2, 0) is 0 Å². The number of aromatic nitrogens is 3. The molecule has 1 fully saturated rings. The van der Waals surface area contributed by atoms with Gasteiger partial charge in [-0.1, -0.05) is 11.6 Å². The van der Waals surface area contributed by atoms with Crippen molar-refractivity contribution >= 4 is 33.9 Å². The Bertz CT molecular complexity index is 1280. The second-order valence-electron chi connectivity index (χ2n) is 8.05. The van der Waals surface area contributed by atoms with E-state index >= 15 is 0 Å². The lowest BCUT2D eigenvalue weighted by Gasteiger charge is -2.13. The third-order valence-corrected chi connectivity index (χ3v) is 5.98. The summed E-state index contributed by atoms with van der Waals surface area (Å²) in [4.78, 5) is 4.49. The number of hydrogen-bond donors (Lipinski definition) is 2. The maximum absolute atomic E-state index is 14.3. The summed E-state index contributed by atoms with van der Waals surface area (Å²) in [5, 5.41) is 16.3. The van der Waals surface area contributed by atoms with E-state index in [2.05, 4.69) is 25.8 Å². The molecule has 1 saturated heterocycles. The highest BCUT2D eigenvalue weighted by molar-refractivity contribution is 6.30. The number of halogens is 2. The van der Waals surface area contributed by atoms with Crippen molar-refractivity contribution in [1.29, 1.82) is 0 Å². The summed E-state index contributed by atoms with van der Waals surface area (Å²) in [6, 6.07) is 14.4. The number of rotatable bonds is 7. The molecule has 2 aromatic carbocycles. The highest BCUT2D eigenvalue weighted by Gasteiger charge is 2.14. The fourth-order valence-electron chi connectivity index (χ4n) is 4.06. The molecule has 33 heavy (non-hydrogen) atoms. The summed E-state index contributed by atoms with van der Waals surface area (Å²) < 4.78 is 20.2. The highest BCUT2D eigenvalue weighted by atomic mass is 35.5. The molecular weight excluding hydrogens is 441 g/mol. The fraction of sp³-hybridized carbons (Fsp3) is 0.240. The molecule has 1 unspecified atom stereocenters. The van der Waals surface area contributed by atoms with E-state index in [1.807, 2.05) is 24.3 Å². The third kappa shape index (κ3) is 5.05. The van der Waals surface area contributed by atoms with Gasteiger partial charge in [-0.05, 0) is 68.3 Å². The zero-order valence-electron chi connectivity index (χ0n) is 17.9. The molecule has 5 rings (SSSR count). The molecule has 0 radical (unpaired) electrons. The molecule has 1 atom stereocenters. The van der Waals surface area contributed by atoms with E-state index in [1.165, 1.54) is 31.0 Å². The van der Waals surface area contributed by atoms with Crippen LogP contribution in [0.1, 0.15) is 19.3 Å². The summed E-state index contributed by atoms with van der Waals surface area (Å²) in [7, 11) is 0. The second-order valence-corrected chi connectivity index (χ2v) is 8.48. The van der Waals surface area contributed by atoms with Crippen LogP contribution in [-0.4, -0.2) is 34.4 Å². The molecule has 168 valence electrons. The van der Waals surface area contributed by atoms with Gasteiger partial charge in [0.1, 0.15) is 11.6 Å². The van der Waals surface area contributed by atoms with Crippen LogP contribution >= 0.6 is 11.6 Å². The minimum atomic E-state index is -0.406. The monoisotopic (exact) mass is 463 g/mol. The minimum absolute atomic E-state index is 0.299. The van der Waals surface area contributed by atoms with Gasteiger partial charge in [0.25, 0.3) is 0 Å². The molecule has 4 aromatic rings. The summed E-state index contributed by atoms with van der Waals surface area (Å²) in [5.74, 6) is 0.394. The van der Waals surface area contributed by atoms with Gasteiger partial charge in [-0.2, -0.15) is 10.2 Å². The first-order valence-electron chi connectivity index (χ1n) is 11.0. The Morgan fingerprint density at radius 1 is 1.15 bits per heavy atom. The van der Waals surface area contributed by atoms with Crippen LogP contribution in [0.15, 0.2) is 60.9 Å². The lowest BCUT2D eigenvalue weighted by molar-refractivity contribution is 0.292. The fourth-order valence-corrected chi connectivity index (χ4v) is 4.24. The van der Waals surface area contributed by atoms with Crippen molar-refractivity contribution in [3.8, 4) is 17.0 Å². The molecule has 1 aliphatic rings. The van der Waals surface area contributed by atoms with E-state index in [4.69, 9.17) is 16.3 Å². The maximum Gasteiger partial charge on any atom is 0.132 e. The Balaban J connectivity index is 1.34. The maximum atomic E-state index is 14.3. The van der Waals surface area contributed by atoms with Crippen molar-refractivity contribution in [3.05, 3.63) is 71.8 Å². The van der Waals surface area contributed by atoms with Crippen molar-refractivity contribution in [2.75, 3.05) is 18.5 Å². The molecule has 6 nitrogen and oxygen atoms in total. The van der Waals surface area contributed by atoms with Gasteiger partial charge >= 0.3 is 0 Å². The van der Waals surface area contributed by atoms with Crippen LogP contribution in [0, 0.1) is 5.82 Å². The first-order chi connectivity index (χ1) is 16.2. The van der Waals surface area contributed by atoms with Gasteiger partial charge in [0.2, 0.25) is 0 Å². The van der Waals surface area contributed by atoms with Crippen LogP contribution in [0.5, 0.6) is 5.75 Å². The lowest BCUT2D eigenvalue weighted by Crippen LogP contribution is -2.23. The molecule has 3 heterocycles. The van der Waals surface area contributed by atoms with Gasteiger partial charge in [-0.3, -0.25) is 4.98 Å². The summed E-state index contributed by atoms with van der Waals surface area (Å²) in [5.41, 5.74) is 3.04. The number of nitrogens with one attached hydrogen (secondary N) is 2. The molecular formula is C25H23ClFN5O. The predicted octanol–water partition coefficient (Wildman–Crippen LogP) is 5.75. The number of anilines is 2. The molecule has 0 spiro atoms. The first-order valence-corrected chi connectivity index (χ1v) is 11.3. The topological polar surface area (TPSA) is 72.0 Å². The van der Waals surface area contributed by atoms with Crippen molar-refractivity contribution in [2.24, 2.45) is 0 Å². The summed E-state index contributed by atoms with van der Waals surface area (Å²) >= 11 is 6.03. The number of nitrogens with zero attached hydrogens (tertiary/aromatic N) is 3. The van der Waals surface area contributed by atoms with E-state index < -0.39 is 5.82 Å². The smallest absolute Gasteiger partial charge is 0.132 e. The van der Waals surface area contributed by atoms with Crippen molar-refractivity contribution in [2.45, 2.75) is 25.3 Å². The number of hydrogen-bond acceptors (Lipinski definition) is 6. The quantitative estimate of drug-likeness (QED) is 0.363. The van der Waals surface area contributed by atoms with Crippen molar-refractivity contribution < 1.29 is 9.13 Å². The minimum Gasteiger partial charge on any atom is -0.493 e. The first kappa shape index (κ1) is 21.6. The van der Waals surface area contributed by atoms with Gasteiger partial charge in [-0.25, -0.2) is 4.39 Å². The normalized spacial score (nSPS) is 15.6. The van der Waals surface area contributed by atoms with Crippen LogP contribution in [0.25, 0.3) is 22.2 Å². The second kappa shape index (κ2) is 9.68. The Morgan fingerprint density at radius 3 is 2.97 bits per heavy atom. The predicted molar refractivity (Wildman–Crippen MR) is 129 cm³/mol. The van der Waals surface area contributed by atoms with E-state index in [0.29, 0.717) is 34.6 Å². The van der Waals surface area contributed by atoms with E-state index in [0.717, 1.165) is 35.3 Å². The molecule has 0 saturated carbocycles. The zero-order chi connectivity index (χ0) is 22.6. The van der Waals surface area contributed by atoms with E-state index in [9.17, 15) is 4.39 Å². The highest BCUT2D eigenvalue weighted by Crippen LogP contribution is 2.30. The third-order valence-electron chi connectivity index (χ3n) is 5.75. The van der Waals surface area contributed by atoms with Crippen molar-refractivity contribution in [1.82, 2.24) is 20.5 Å². The SMILES string of the molecule is Fc1ccc(Cl)cc1-c1cc(Nc2ccnc3cc(OCCC4CCCN4)ccc23)cnn1. The van der Waals surface area contributed by atoms with E-state index in [1.54, 1.807) is 18.5 Å². The van der Waals surface area contributed by atoms with Crippen LogP contribution in [0.4, 0.5) is 15.8 Å². The van der Waals surface area contributed by atoms with Gasteiger partial charge in [0.05, 0.1) is 29.7 Å². The Kier molecular flexibility index (Phi) is 6.32. The zero-order valence-corrected chi connectivity index (χ0v) is 18.6. The van der Waals surface area contributed by atoms with E-state index in [-0.39, 0.29) is 0 Å². The molecule has 0 bridgehead atoms. The van der Waals surface area contributed by atoms with Crippen LogP contribution < -0.4 is 15.4 Å². The van der Waals surface area contributed by atoms with Gasteiger partial charge in [0, 0.05) is 40.0 Å². The summed E-state index contributed by atoms with van der Waals surface area (Å²) in [6.07, 6.45) is 6.78. The van der Waals surface area contributed by atoms with Crippen LogP contribution in [0.3, 0.4) is 0 Å².